The van der Waals surface area contributed by atoms with Gasteiger partial charge in [0.25, 0.3) is 10.1 Å². The molecule has 0 aliphatic heterocycles. The van der Waals surface area contributed by atoms with Crippen LogP contribution in [0.1, 0.15) is 76.7 Å². The molecule has 4 nitrogen and oxygen atoms in total. The van der Waals surface area contributed by atoms with E-state index in [1.807, 2.05) is 6.07 Å². The van der Waals surface area contributed by atoms with Crippen LogP contribution in [0.2, 0.25) is 0 Å². The maximum absolute atomic E-state index is 11.2. The number of benzene rings is 1. The second-order valence-corrected chi connectivity index (χ2v) is 7.63. The largest absolute Gasteiger partial charge is 0.397 e. The third-order valence-electron chi connectivity index (χ3n) is 4.23. The molecule has 3 N–H and O–H groups in total. The van der Waals surface area contributed by atoms with Crippen LogP contribution < -0.4 is 5.73 Å². The first-order valence-corrected chi connectivity index (χ1v) is 10.3. The molecule has 0 saturated heterocycles. The van der Waals surface area contributed by atoms with Gasteiger partial charge in [-0.2, -0.15) is 8.42 Å². The Bertz CT molecular complexity index is 555. The smallest absolute Gasteiger partial charge is 0.296 e. The molecule has 0 fully saturated rings. The molecule has 0 saturated carbocycles. The monoisotopic (exact) mass is 341 g/mol. The molecule has 0 aliphatic carbocycles. The first-order valence-electron chi connectivity index (χ1n) is 8.81. The molecule has 0 heterocycles. The number of rotatable bonds is 12. The Balaban J connectivity index is 2.22. The van der Waals surface area contributed by atoms with Crippen LogP contribution in [-0.2, 0) is 16.5 Å². The van der Waals surface area contributed by atoms with Crippen LogP contribution in [0.15, 0.2) is 23.1 Å². The van der Waals surface area contributed by atoms with Crippen LogP contribution >= 0.6 is 0 Å². The van der Waals surface area contributed by atoms with Gasteiger partial charge in [0, 0.05) is 0 Å². The van der Waals surface area contributed by atoms with E-state index in [4.69, 9.17) is 10.3 Å². The van der Waals surface area contributed by atoms with E-state index in [0.29, 0.717) is 0 Å². The average molecular weight is 342 g/mol. The molecule has 0 amide bonds. The Morgan fingerprint density at radius 1 is 0.913 bits per heavy atom. The normalized spacial score (nSPS) is 11.7. The fourth-order valence-corrected chi connectivity index (χ4v) is 3.49. The van der Waals surface area contributed by atoms with Gasteiger partial charge in [0.2, 0.25) is 0 Å². The first-order chi connectivity index (χ1) is 11.0. The zero-order valence-corrected chi connectivity index (χ0v) is 15.1. The Morgan fingerprint density at radius 3 is 1.96 bits per heavy atom. The van der Waals surface area contributed by atoms with Crippen molar-refractivity contribution in [1.29, 1.82) is 0 Å². The summed E-state index contributed by atoms with van der Waals surface area (Å²) in [5, 5.41) is 0. The summed E-state index contributed by atoms with van der Waals surface area (Å²) in [7, 11) is -4.23. The molecule has 132 valence electrons. The Hall–Kier alpha value is -1.07. The number of hydrogen-bond donors (Lipinski definition) is 2. The van der Waals surface area contributed by atoms with Crippen molar-refractivity contribution in [3.8, 4) is 0 Å². The van der Waals surface area contributed by atoms with Crippen molar-refractivity contribution >= 4 is 15.8 Å². The van der Waals surface area contributed by atoms with Crippen LogP contribution in [0.4, 0.5) is 5.69 Å². The Morgan fingerprint density at radius 2 is 1.43 bits per heavy atom. The van der Waals surface area contributed by atoms with Gasteiger partial charge < -0.3 is 5.73 Å². The number of nitrogen functional groups attached to an aromatic ring is 1. The van der Waals surface area contributed by atoms with Crippen LogP contribution in [0.25, 0.3) is 0 Å². The van der Waals surface area contributed by atoms with Crippen molar-refractivity contribution in [1.82, 2.24) is 0 Å². The zero-order valence-electron chi connectivity index (χ0n) is 14.3. The van der Waals surface area contributed by atoms with Crippen molar-refractivity contribution in [2.24, 2.45) is 0 Å². The highest BCUT2D eigenvalue weighted by atomic mass is 32.2. The van der Waals surface area contributed by atoms with E-state index < -0.39 is 10.1 Å². The fraction of sp³-hybridized carbons (Fsp3) is 0.667. The second kappa shape index (κ2) is 10.7. The highest BCUT2D eigenvalue weighted by molar-refractivity contribution is 7.86. The molecule has 1 rings (SSSR count). The summed E-state index contributed by atoms with van der Waals surface area (Å²) in [6.07, 6.45) is 13.4. The molecule has 0 bridgehead atoms. The van der Waals surface area contributed by atoms with Gasteiger partial charge in [0.15, 0.2) is 0 Å². The molecule has 0 radical (unpaired) electrons. The molecule has 0 aromatic heterocycles. The van der Waals surface area contributed by atoms with Crippen molar-refractivity contribution in [3.63, 3.8) is 0 Å². The highest BCUT2D eigenvalue weighted by Crippen LogP contribution is 2.24. The van der Waals surface area contributed by atoms with Crippen LogP contribution in [0, 0.1) is 0 Å². The molecule has 23 heavy (non-hydrogen) atoms. The minimum Gasteiger partial charge on any atom is -0.397 e. The summed E-state index contributed by atoms with van der Waals surface area (Å²) in [6, 6.07) is 4.80. The van der Waals surface area contributed by atoms with E-state index in [0.717, 1.165) is 24.8 Å². The zero-order chi connectivity index (χ0) is 17.1. The van der Waals surface area contributed by atoms with Gasteiger partial charge in [-0.3, -0.25) is 4.55 Å². The van der Waals surface area contributed by atoms with Crippen LogP contribution in [-0.4, -0.2) is 13.0 Å². The topological polar surface area (TPSA) is 80.4 Å². The lowest BCUT2D eigenvalue weighted by atomic mass is 10.0. The first kappa shape index (κ1) is 20.0. The van der Waals surface area contributed by atoms with E-state index in [9.17, 15) is 8.42 Å². The summed E-state index contributed by atoms with van der Waals surface area (Å²) in [5.41, 5.74) is 6.84. The van der Waals surface area contributed by atoms with E-state index in [2.05, 4.69) is 6.92 Å². The third kappa shape index (κ3) is 7.84. The number of anilines is 1. The van der Waals surface area contributed by atoms with E-state index in [1.54, 1.807) is 6.07 Å². The van der Waals surface area contributed by atoms with Crippen molar-refractivity contribution in [2.75, 3.05) is 5.73 Å². The van der Waals surface area contributed by atoms with Crippen LogP contribution in [0.5, 0.6) is 0 Å². The standard InChI is InChI=1S/C18H31NO3S/c1-2-3-4-5-6-7-8-9-10-11-13-16-14-12-15-17(18(16)19)23(20,21)22/h12,14-15H,2-11,13,19H2,1H3,(H,20,21,22). The molecule has 1 aromatic carbocycles. The lowest BCUT2D eigenvalue weighted by molar-refractivity contribution is 0.483. The number of hydrogen-bond acceptors (Lipinski definition) is 3. The maximum Gasteiger partial charge on any atom is 0.296 e. The third-order valence-corrected chi connectivity index (χ3v) is 5.15. The van der Waals surface area contributed by atoms with Crippen molar-refractivity contribution in [3.05, 3.63) is 23.8 Å². The molecule has 5 heteroatoms. The number of para-hydroxylation sites is 1. The molecule has 0 spiro atoms. The number of nitrogens with two attached hydrogens (primary N) is 1. The summed E-state index contributed by atoms with van der Waals surface area (Å²) >= 11 is 0. The van der Waals surface area contributed by atoms with Gasteiger partial charge in [0.05, 0.1) is 5.69 Å². The van der Waals surface area contributed by atoms with Gasteiger partial charge in [0.1, 0.15) is 4.90 Å². The van der Waals surface area contributed by atoms with E-state index in [1.165, 1.54) is 57.4 Å². The minimum absolute atomic E-state index is 0.179. The SMILES string of the molecule is CCCCCCCCCCCCc1cccc(S(=O)(=O)O)c1N. The van der Waals surface area contributed by atoms with E-state index in [-0.39, 0.29) is 10.6 Å². The predicted octanol–water partition coefficient (Wildman–Crippen LogP) is 4.98. The summed E-state index contributed by atoms with van der Waals surface area (Å²) in [4.78, 5) is -0.179. The van der Waals surface area contributed by atoms with Crippen LogP contribution in [0.3, 0.4) is 0 Å². The molecular formula is C18H31NO3S. The predicted molar refractivity (Wildman–Crippen MR) is 96.2 cm³/mol. The molecule has 0 atom stereocenters. The Kier molecular flexibility index (Phi) is 9.26. The van der Waals surface area contributed by atoms with Gasteiger partial charge in [-0.05, 0) is 24.5 Å². The van der Waals surface area contributed by atoms with Gasteiger partial charge in [-0.25, -0.2) is 0 Å². The molecule has 0 aliphatic rings. The summed E-state index contributed by atoms with van der Waals surface area (Å²) in [5.74, 6) is 0. The maximum atomic E-state index is 11.2. The lowest BCUT2D eigenvalue weighted by Gasteiger charge is -2.09. The lowest BCUT2D eigenvalue weighted by Crippen LogP contribution is -2.05. The quantitative estimate of drug-likeness (QED) is 0.319. The van der Waals surface area contributed by atoms with Crippen molar-refractivity contribution < 1.29 is 13.0 Å². The summed E-state index contributed by atoms with van der Waals surface area (Å²) in [6.45, 7) is 2.23. The molecule has 1 aromatic rings. The van der Waals surface area contributed by atoms with Gasteiger partial charge >= 0.3 is 0 Å². The van der Waals surface area contributed by atoms with E-state index >= 15 is 0 Å². The minimum atomic E-state index is -4.23. The molecule has 0 unspecified atom stereocenters. The van der Waals surface area contributed by atoms with Gasteiger partial charge in [-0.1, -0.05) is 76.8 Å². The fourth-order valence-electron chi connectivity index (χ4n) is 2.84. The number of aryl methyl sites for hydroxylation is 1. The van der Waals surface area contributed by atoms with Crippen molar-refractivity contribution in [2.45, 2.75) is 82.4 Å². The number of unbranched alkanes of at least 4 members (excludes halogenated alkanes) is 9. The highest BCUT2D eigenvalue weighted by Gasteiger charge is 2.15. The average Bonchev–Trinajstić information content (AvgIpc) is 2.49. The summed E-state index contributed by atoms with van der Waals surface area (Å²) < 4.78 is 31.6. The van der Waals surface area contributed by atoms with Gasteiger partial charge in [-0.15, -0.1) is 0 Å². The molecular weight excluding hydrogens is 310 g/mol. The second-order valence-electron chi connectivity index (χ2n) is 6.24. The Labute approximate surface area is 141 Å².